The van der Waals surface area contributed by atoms with Crippen molar-refractivity contribution in [1.82, 2.24) is 5.01 Å². The first-order valence-corrected chi connectivity index (χ1v) is 3.46. The topological polar surface area (TPSA) is 15.6 Å². The van der Waals surface area contributed by atoms with Crippen molar-refractivity contribution in [2.45, 2.75) is 19.9 Å². The molecule has 1 aliphatic heterocycles. The molecule has 0 aromatic heterocycles. The zero-order chi connectivity index (χ0) is 8.27. The van der Waals surface area contributed by atoms with Gasteiger partial charge in [-0.2, -0.15) is 13.9 Å². The number of hydrazone groups is 1. The smallest absolute Gasteiger partial charge is 0.237 e. The molecule has 0 aromatic carbocycles. The SMILES string of the molecule is CC1=NN(C(F)F)CCC=C1. The average molecular weight is 160 g/mol. The van der Waals surface area contributed by atoms with Crippen LogP contribution in [0.15, 0.2) is 17.3 Å². The summed E-state index contributed by atoms with van der Waals surface area (Å²) >= 11 is 0. The maximum Gasteiger partial charge on any atom is 0.329 e. The Kier molecular flexibility index (Phi) is 2.57. The Balaban J connectivity index is 2.64. The van der Waals surface area contributed by atoms with Gasteiger partial charge in [0.1, 0.15) is 0 Å². The van der Waals surface area contributed by atoms with E-state index in [4.69, 9.17) is 0 Å². The van der Waals surface area contributed by atoms with Crippen LogP contribution in [0.5, 0.6) is 0 Å². The van der Waals surface area contributed by atoms with Crippen molar-refractivity contribution in [3.05, 3.63) is 12.2 Å². The van der Waals surface area contributed by atoms with E-state index in [0.29, 0.717) is 18.7 Å². The largest absolute Gasteiger partial charge is 0.329 e. The highest BCUT2D eigenvalue weighted by atomic mass is 19.3. The molecule has 0 aromatic rings. The molecule has 0 aliphatic carbocycles. The van der Waals surface area contributed by atoms with Crippen molar-refractivity contribution in [2.24, 2.45) is 5.10 Å². The summed E-state index contributed by atoms with van der Waals surface area (Å²) in [5.74, 6) is 0. The van der Waals surface area contributed by atoms with Crippen LogP contribution in [0.3, 0.4) is 0 Å². The van der Waals surface area contributed by atoms with Gasteiger partial charge in [-0.05, 0) is 19.4 Å². The molecule has 11 heavy (non-hydrogen) atoms. The average Bonchev–Trinajstić information content (AvgIpc) is 2.13. The molecule has 0 bridgehead atoms. The third-order valence-corrected chi connectivity index (χ3v) is 1.40. The van der Waals surface area contributed by atoms with Crippen LogP contribution in [0.2, 0.25) is 0 Å². The van der Waals surface area contributed by atoms with Crippen molar-refractivity contribution in [2.75, 3.05) is 6.54 Å². The van der Waals surface area contributed by atoms with Crippen LogP contribution >= 0.6 is 0 Å². The summed E-state index contributed by atoms with van der Waals surface area (Å²) < 4.78 is 24.1. The first kappa shape index (κ1) is 8.17. The molecule has 2 nitrogen and oxygen atoms in total. The van der Waals surface area contributed by atoms with Crippen LogP contribution in [0.4, 0.5) is 8.78 Å². The maximum absolute atomic E-state index is 12.1. The van der Waals surface area contributed by atoms with E-state index in [0.717, 1.165) is 5.01 Å². The number of alkyl halides is 2. The zero-order valence-electron chi connectivity index (χ0n) is 6.30. The quantitative estimate of drug-likeness (QED) is 0.534. The Morgan fingerprint density at radius 3 is 3.00 bits per heavy atom. The van der Waals surface area contributed by atoms with Crippen LogP contribution < -0.4 is 0 Å². The van der Waals surface area contributed by atoms with Crippen LogP contribution in [-0.2, 0) is 0 Å². The number of nitrogens with zero attached hydrogens (tertiary/aromatic N) is 2. The monoisotopic (exact) mass is 160 g/mol. The Morgan fingerprint density at radius 1 is 1.64 bits per heavy atom. The van der Waals surface area contributed by atoms with Gasteiger partial charge in [-0.15, -0.1) is 0 Å². The van der Waals surface area contributed by atoms with Crippen LogP contribution in [0.1, 0.15) is 13.3 Å². The Bertz CT molecular complexity index is 187. The Labute approximate surface area is 64.2 Å². The van der Waals surface area contributed by atoms with Crippen LogP contribution in [-0.4, -0.2) is 23.8 Å². The van der Waals surface area contributed by atoms with E-state index in [1.807, 2.05) is 6.08 Å². The van der Waals surface area contributed by atoms with Gasteiger partial charge in [0.05, 0.1) is 5.71 Å². The lowest BCUT2D eigenvalue weighted by molar-refractivity contribution is -0.0240. The fourth-order valence-electron chi connectivity index (χ4n) is 0.888. The molecule has 0 unspecified atom stereocenters. The molecule has 0 saturated carbocycles. The van der Waals surface area contributed by atoms with Crippen molar-refractivity contribution >= 4 is 5.71 Å². The standard InChI is InChI=1S/C7H10F2N2/c1-6-4-2-3-5-11(10-6)7(8)9/h2,4,7H,3,5H2,1H3. The van der Waals surface area contributed by atoms with Gasteiger partial charge in [-0.1, -0.05) is 6.08 Å². The van der Waals surface area contributed by atoms with E-state index in [-0.39, 0.29) is 0 Å². The highest BCUT2D eigenvalue weighted by Crippen LogP contribution is 2.08. The number of rotatable bonds is 1. The van der Waals surface area contributed by atoms with Crippen molar-refractivity contribution in [3.8, 4) is 0 Å². The Morgan fingerprint density at radius 2 is 2.36 bits per heavy atom. The molecule has 0 N–H and O–H groups in total. The molecular weight excluding hydrogens is 150 g/mol. The first-order chi connectivity index (χ1) is 5.20. The summed E-state index contributed by atoms with van der Waals surface area (Å²) in [5, 5.41) is 4.49. The highest BCUT2D eigenvalue weighted by molar-refractivity contribution is 5.92. The summed E-state index contributed by atoms with van der Waals surface area (Å²) in [6.07, 6.45) is 4.23. The van der Waals surface area contributed by atoms with Crippen molar-refractivity contribution < 1.29 is 8.78 Å². The minimum atomic E-state index is -2.48. The molecular formula is C7H10F2N2. The highest BCUT2D eigenvalue weighted by Gasteiger charge is 2.13. The molecule has 0 spiro atoms. The van der Waals surface area contributed by atoms with Gasteiger partial charge in [-0.3, -0.25) is 0 Å². The summed E-state index contributed by atoms with van der Waals surface area (Å²) in [6, 6.07) is 0. The van der Waals surface area contributed by atoms with Gasteiger partial charge in [0.15, 0.2) is 0 Å². The molecule has 4 heteroatoms. The lowest BCUT2D eigenvalue weighted by Crippen LogP contribution is -2.24. The minimum absolute atomic E-state index is 0.297. The van der Waals surface area contributed by atoms with Gasteiger partial charge in [0.25, 0.3) is 0 Å². The second kappa shape index (κ2) is 3.46. The fraction of sp³-hybridized carbons (Fsp3) is 0.571. The molecule has 1 heterocycles. The molecule has 0 radical (unpaired) electrons. The third-order valence-electron chi connectivity index (χ3n) is 1.40. The lowest BCUT2D eigenvalue weighted by atomic mass is 10.3. The van der Waals surface area contributed by atoms with E-state index in [1.165, 1.54) is 0 Å². The van der Waals surface area contributed by atoms with E-state index in [9.17, 15) is 8.78 Å². The molecule has 0 fully saturated rings. The summed E-state index contributed by atoms with van der Waals surface area (Å²) in [5.41, 5.74) is 0.628. The summed E-state index contributed by atoms with van der Waals surface area (Å²) in [7, 11) is 0. The minimum Gasteiger partial charge on any atom is -0.237 e. The van der Waals surface area contributed by atoms with E-state index in [2.05, 4.69) is 5.10 Å². The van der Waals surface area contributed by atoms with Crippen molar-refractivity contribution in [1.29, 1.82) is 0 Å². The zero-order valence-corrected chi connectivity index (χ0v) is 6.30. The molecule has 0 atom stereocenters. The second-order valence-electron chi connectivity index (χ2n) is 2.37. The summed E-state index contributed by atoms with van der Waals surface area (Å²) in [4.78, 5) is 0. The predicted octanol–water partition coefficient (Wildman–Crippen LogP) is 1.85. The number of allylic oxidation sites excluding steroid dienone is 1. The van der Waals surface area contributed by atoms with Gasteiger partial charge < -0.3 is 0 Å². The number of hydrogen-bond donors (Lipinski definition) is 0. The molecule has 0 saturated heterocycles. The van der Waals surface area contributed by atoms with Crippen LogP contribution in [0, 0.1) is 0 Å². The maximum atomic E-state index is 12.1. The lowest BCUT2D eigenvalue weighted by Gasteiger charge is -2.15. The number of halogens is 2. The van der Waals surface area contributed by atoms with Crippen LogP contribution in [0.25, 0.3) is 0 Å². The number of hydrogen-bond acceptors (Lipinski definition) is 2. The predicted molar refractivity (Wildman–Crippen MR) is 39.6 cm³/mol. The fourth-order valence-corrected chi connectivity index (χ4v) is 0.888. The Hall–Kier alpha value is -0.930. The van der Waals surface area contributed by atoms with E-state index in [1.54, 1.807) is 13.0 Å². The normalized spacial score (nSPS) is 18.5. The third kappa shape index (κ3) is 2.29. The second-order valence-corrected chi connectivity index (χ2v) is 2.37. The molecule has 1 aliphatic rings. The van der Waals surface area contributed by atoms with E-state index < -0.39 is 6.55 Å². The van der Waals surface area contributed by atoms with Gasteiger partial charge >= 0.3 is 6.55 Å². The van der Waals surface area contributed by atoms with Gasteiger partial charge in [0, 0.05) is 6.54 Å². The van der Waals surface area contributed by atoms with E-state index >= 15 is 0 Å². The molecule has 62 valence electrons. The first-order valence-electron chi connectivity index (χ1n) is 3.46. The van der Waals surface area contributed by atoms with Crippen molar-refractivity contribution in [3.63, 3.8) is 0 Å². The van der Waals surface area contributed by atoms with Gasteiger partial charge in [0.2, 0.25) is 0 Å². The summed E-state index contributed by atoms with van der Waals surface area (Å²) in [6.45, 7) is -0.479. The van der Waals surface area contributed by atoms with Gasteiger partial charge in [-0.25, -0.2) is 5.01 Å². The molecule has 1 rings (SSSR count). The molecule has 0 amide bonds.